The van der Waals surface area contributed by atoms with Crippen LogP contribution in [-0.4, -0.2) is 69.7 Å². The van der Waals surface area contributed by atoms with Crippen molar-refractivity contribution in [3.8, 4) is 17.0 Å². The highest BCUT2D eigenvalue weighted by molar-refractivity contribution is 6.35. The highest BCUT2D eigenvalue weighted by atomic mass is 35.5. The summed E-state index contributed by atoms with van der Waals surface area (Å²) in [4.78, 5) is 25.3. The summed E-state index contributed by atoms with van der Waals surface area (Å²) in [5.74, 6) is 1.71. The molecular formula is C28H29Cl2N7O2. The Morgan fingerprint density at radius 2 is 1.85 bits per heavy atom. The maximum absolute atomic E-state index is 12.1. The van der Waals surface area contributed by atoms with Crippen molar-refractivity contribution in [2.75, 3.05) is 38.1 Å². The van der Waals surface area contributed by atoms with Crippen LogP contribution in [0.25, 0.3) is 22.2 Å². The largest absolute Gasteiger partial charge is 0.486 e. The Labute approximate surface area is 236 Å². The number of carbonyl (C=O) groups excluding carboxylic acids is 1. The van der Waals surface area contributed by atoms with E-state index in [1.807, 2.05) is 50.5 Å². The van der Waals surface area contributed by atoms with E-state index in [2.05, 4.69) is 30.3 Å². The average molecular weight is 566 g/mol. The fourth-order valence-corrected chi connectivity index (χ4v) is 6.38. The van der Waals surface area contributed by atoms with Crippen molar-refractivity contribution < 1.29 is 9.53 Å². The second-order valence-corrected chi connectivity index (χ2v) is 11.3. The molecule has 5 heterocycles. The predicted molar refractivity (Wildman–Crippen MR) is 152 cm³/mol. The Balaban J connectivity index is 1.18. The van der Waals surface area contributed by atoms with Gasteiger partial charge in [0.05, 0.1) is 27.6 Å². The number of anilines is 1. The number of aromatic nitrogens is 4. The van der Waals surface area contributed by atoms with Gasteiger partial charge in [0, 0.05) is 54.7 Å². The first kappa shape index (κ1) is 25.9. The lowest BCUT2D eigenvalue weighted by Crippen LogP contribution is -2.65. The molecule has 4 aromatic rings. The molecule has 0 aliphatic carbocycles. The molecule has 0 bridgehead atoms. The lowest BCUT2D eigenvalue weighted by Gasteiger charge is -2.47. The fraction of sp³-hybridized carbons (Fsp3) is 0.357. The summed E-state index contributed by atoms with van der Waals surface area (Å²) in [7, 11) is 2.01. The second-order valence-electron chi connectivity index (χ2n) is 10.4. The number of rotatable bonds is 5. The van der Waals surface area contributed by atoms with Gasteiger partial charge >= 0.3 is 0 Å². The Morgan fingerprint density at radius 3 is 2.54 bits per heavy atom. The van der Waals surface area contributed by atoms with Gasteiger partial charge in [0.2, 0.25) is 5.91 Å². The van der Waals surface area contributed by atoms with Gasteiger partial charge in [-0.15, -0.1) is 0 Å². The minimum absolute atomic E-state index is 0.110. The minimum atomic E-state index is -0.368. The monoisotopic (exact) mass is 565 g/mol. The Bertz CT molecular complexity index is 1500. The van der Waals surface area contributed by atoms with Crippen molar-refractivity contribution in [2.24, 2.45) is 0 Å². The number of nitrogens with zero attached hydrogens (tertiary/aromatic N) is 5. The van der Waals surface area contributed by atoms with Gasteiger partial charge in [-0.05, 0) is 57.1 Å². The molecule has 0 radical (unpaired) electrons. The van der Waals surface area contributed by atoms with Crippen LogP contribution in [0.15, 0.2) is 48.9 Å². The number of likely N-dealkylation sites (N-methyl/N-ethyl adjacent to an activating group) is 1. The third kappa shape index (κ3) is 5.14. The van der Waals surface area contributed by atoms with Crippen molar-refractivity contribution in [1.82, 2.24) is 30.4 Å². The molecule has 39 heavy (non-hydrogen) atoms. The third-order valence-corrected chi connectivity index (χ3v) is 8.20. The van der Waals surface area contributed by atoms with Gasteiger partial charge in [0.25, 0.3) is 0 Å². The van der Waals surface area contributed by atoms with Crippen molar-refractivity contribution in [2.45, 2.75) is 31.4 Å². The third-order valence-electron chi connectivity index (χ3n) is 7.60. The first-order valence-electron chi connectivity index (χ1n) is 12.9. The number of amides is 1. The second kappa shape index (κ2) is 10.3. The first-order valence-corrected chi connectivity index (χ1v) is 13.7. The number of H-pyrrole nitrogens is 1. The zero-order valence-electron chi connectivity index (χ0n) is 21.7. The number of nitrogens with one attached hydrogen (secondary N) is 2. The molecule has 9 nitrogen and oxygen atoms in total. The predicted octanol–water partition coefficient (Wildman–Crippen LogP) is 4.87. The zero-order valence-corrected chi connectivity index (χ0v) is 23.3. The molecule has 1 spiro atoms. The number of ether oxygens (including phenoxy) is 1. The van der Waals surface area contributed by atoms with Gasteiger partial charge in [0.15, 0.2) is 0 Å². The molecule has 202 valence electrons. The summed E-state index contributed by atoms with van der Waals surface area (Å²) in [5, 5.41) is 12.8. The molecule has 11 heteroatoms. The molecule has 0 saturated carbocycles. The molecule has 1 atom stereocenters. The number of carbonyl (C=O) groups is 1. The van der Waals surface area contributed by atoms with Crippen LogP contribution in [0.5, 0.6) is 5.75 Å². The normalized spacial score (nSPS) is 18.4. The van der Waals surface area contributed by atoms with Crippen LogP contribution >= 0.6 is 23.2 Å². The van der Waals surface area contributed by atoms with Crippen LogP contribution in [-0.2, 0) is 4.79 Å². The molecule has 2 aliphatic rings. The number of hydrogen-bond donors (Lipinski definition) is 2. The number of piperidine rings is 1. The number of benzene rings is 1. The number of hydrogen-bond acceptors (Lipinski definition) is 7. The maximum Gasteiger partial charge on any atom is 0.234 e. The molecule has 2 fully saturated rings. The van der Waals surface area contributed by atoms with E-state index in [1.165, 1.54) is 0 Å². The topological polar surface area (TPSA) is 99.3 Å². The van der Waals surface area contributed by atoms with Crippen LogP contribution in [0.1, 0.15) is 31.4 Å². The Kier molecular flexibility index (Phi) is 6.82. The Hall–Kier alpha value is -3.40. The fourth-order valence-electron chi connectivity index (χ4n) is 5.71. The summed E-state index contributed by atoms with van der Waals surface area (Å²) in [6.45, 7) is 4.94. The quantitative estimate of drug-likeness (QED) is 0.356. The lowest BCUT2D eigenvalue weighted by atomic mass is 9.85. The average Bonchev–Trinajstić information content (AvgIpc) is 3.32. The van der Waals surface area contributed by atoms with Gasteiger partial charge in [-0.3, -0.25) is 19.8 Å². The van der Waals surface area contributed by atoms with Crippen molar-refractivity contribution >= 4 is 45.8 Å². The van der Waals surface area contributed by atoms with E-state index in [0.717, 1.165) is 60.5 Å². The number of aromatic amines is 1. The smallest absolute Gasteiger partial charge is 0.234 e. The lowest BCUT2D eigenvalue weighted by molar-refractivity contribution is -0.127. The minimum Gasteiger partial charge on any atom is -0.486 e. The van der Waals surface area contributed by atoms with E-state index in [4.69, 9.17) is 32.9 Å². The van der Waals surface area contributed by atoms with Crippen LogP contribution in [0.2, 0.25) is 10.0 Å². The number of pyridine rings is 2. The zero-order chi connectivity index (χ0) is 27.1. The molecule has 0 unspecified atom stereocenters. The summed E-state index contributed by atoms with van der Waals surface area (Å²) < 4.78 is 6.20. The summed E-state index contributed by atoms with van der Waals surface area (Å²) >= 11 is 12.6. The number of fused-ring (bicyclic) bond motifs is 1. The van der Waals surface area contributed by atoms with Gasteiger partial charge in [-0.25, -0.2) is 4.98 Å². The summed E-state index contributed by atoms with van der Waals surface area (Å²) in [5.41, 5.74) is 3.16. The molecule has 3 aromatic heterocycles. The number of halogens is 2. The van der Waals surface area contributed by atoms with Crippen molar-refractivity contribution in [3.05, 3.63) is 64.5 Å². The number of piperazine rings is 1. The Morgan fingerprint density at radius 1 is 1.08 bits per heavy atom. The van der Waals surface area contributed by atoms with Crippen molar-refractivity contribution in [3.63, 3.8) is 0 Å². The van der Waals surface area contributed by atoms with E-state index in [-0.39, 0.29) is 17.6 Å². The van der Waals surface area contributed by atoms with E-state index in [9.17, 15) is 4.79 Å². The van der Waals surface area contributed by atoms with Crippen LogP contribution in [0.4, 0.5) is 5.82 Å². The van der Waals surface area contributed by atoms with Crippen molar-refractivity contribution in [1.29, 1.82) is 0 Å². The molecule has 1 aromatic carbocycles. The summed E-state index contributed by atoms with van der Waals surface area (Å²) in [6, 6.07) is 9.87. The highest BCUT2D eigenvalue weighted by Crippen LogP contribution is 2.35. The molecule has 1 amide bonds. The molecular weight excluding hydrogens is 537 g/mol. The van der Waals surface area contributed by atoms with Gasteiger partial charge < -0.3 is 15.0 Å². The SMILES string of the molecule is C[C@@H](Oc1ccc2[nH]nc(-c3ccc(N4CCC5(CC4)CN(C)CC(=O)N5)nc3)c2c1)c1c(Cl)cncc1Cl. The van der Waals surface area contributed by atoms with E-state index in [1.54, 1.807) is 12.4 Å². The molecule has 2 N–H and O–H groups in total. The van der Waals surface area contributed by atoms with Crippen LogP contribution in [0.3, 0.4) is 0 Å². The summed E-state index contributed by atoms with van der Waals surface area (Å²) in [6.07, 6.45) is 6.41. The van der Waals surface area contributed by atoms with Crippen LogP contribution in [0, 0.1) is 0 Å². The standard InChI is InChI=1S/C28H29Cl2N7O2/c1-17(26-21(29)13-31-14-22(26)30)39-19-4-5-23-20(11-19)27(35-34-23)18-3-6-24(32-12-18)37-9-7-28(8-10-37)16-36(2)15-25(38)33-28/h3-6,11-14,17H,7-10,15-16H2,1-2H3,(H,33,38)(H,34,35)/t17-/m1/s1. The van der Waals surface area contributed by atoms with E-state index >= 15 is 0 Å². The molecule has 2 saturated heterocycles. The van der Waals surface area contributed by atoms with E-state index < -0.39 is 0 Å². The van der Waals surface area contributed by atoms with Gasteiger partial charge in [-0.2, -0.15) is 5.10 Å². The van der Waals surface area contributed by atoms with Gasteiger partial charge in [-0.1, -0.05) is 23.2 Å². The van der Waals surface area contributed by atoms with Crippen LogP contribution < -0.4 is 15.0 Å². The first-order chi connectivity index (χ1) is 18.8. The highest BCUT2D eigenvalue weighted by Gasteiger charge is 2.40. The van der Waals surface area contributed by atoms with Gasteiger partial charge in [0.1, 0.15) is 23.4 Å². The maximum atomic E-state index is 12.1. The van der Waals surface area contributed by atoms with E-state index in [0.29, 0.717) is 27.9 Å². The molecule has 6 rings (SSSR count). The molecule has 2 aliphatic heterocycles.